The van der Waals surface area contributed by atoms with Crippen LogP contribution in [0.15, 0.2) is 72.6 Å². The molecule has 1 N–H and O–H groups in total. The van der Waals surface area contributed by atoms with Crippen LogP contribution in [0.4, 0.5) is 0 Å². The molecular weight excluding hydrogens is 436 g/mol. The first kappa shape index (κ1) is 22.8. The predicted octanol–water partition coefficient (Wildman–Crippen LogP) is 3.73. The van der Waals surface area contributed by atoms with E-state index in [0.29, 0.717) is 22.8 Å². The van der Waals surface area contributed by atoms with E-state index in [2.05, 4.69) is 4.98 Å². The van der Waals surface area contributed by atoms with Crippen LogP contribution in [0.25, 0.3) is 5.76 Å². The Morgan fingerprint density at radius 2 is 1.74 bits per heavy atom. The summed E-state index contributed by atoms with van der Waals surface area (Å²) in [5, 5.41) is 11.3. The van der Waals surface area contributed by atoms with Crippen molar-refractivity contribution in [3.8, 4) is 17.2 Å². The molecule has 1 aliphatic rings. The van der Waals surface area contributed by atoms with Crippen molar-refractivity contribution < 1.29 is 28.9 Å². The first-order chi connectivity index (χ1) is 16.5. The number of aliphatic hydroxyl groups is 1. The zero-order valence-electron chi connectivity index (χ0n) is 19.0. The zero-order chi connectivity index (χ0) is 24.2. The van der Waals surface area contributed by atoms with E-state index in [4.69, 9.17) is 14.2 Å². The van der Waals surface area contributed by atoms with Gasteiger partial charge in [-0.2, -0.15) is 0 Å². The van der Waals surface area contributed by atoms with Gasteiger partial charge in [-0.15, -0.1) is 0 Å². The molecule has 2 heterocycles. The number of benzene rings is 2. The Balaban J connectivity index is 1.88. The third kappa shape index (κ3) is 4.17. The van der Waals surface area contributed by atoms with Gasteiger partial charge in [-0.25, -0.2) is 0 Å². The van der Waals surface area contributed by atoms with Crippen LogP contribution < -0.4 is 14.2 Å². The fraction of sp³-hybridized carbons (Fsp3) is 0.192. The number of hydrogen-bond donors (Lipinski definition) is 1. The van der Waals surface area contributed by atoms with Gasteiger partial charge in [-0.05, 0) is 47.5 Å². The zero-order valence-corrected chi connectivity index (χ0v) is 19.0. The fourth-order valence-corrected chi connectivity index (χ4v) is 4.04. The Bertz CT molecular complexity index is 1260. The molecule has 0 radical (unpaired) electrons. The number of methoxy groups -OCH3 is 3. The molecule has 1 aromatic heterocycles. The maximum Gasteiger partial charge on any atom is 0.295 e. The van der Waals surface area contributed by atoms with Crippen molar-refractivity contribution in [2.75, 3.05) is 21.3 Å². The van der Waals surface area contributed by atoms with Crippen molar-refractivity contribution in [2.45, 2.75) is 12.6 Å². The van der Waals surface area contributed by atoms with Crippen LogP contribution in [-0.4, -0.2) is 48.0 Å². The molecule has 8 heteroatoms. The van der Waals surface area contributed by atoms with Crippen LogP contribution in [0.3, 0.4) is 0 Å². The minimum Gasteiger partial charge on any atom is -0.507 e. The number of aromatic nitrogens is 1. The lowest BCUT2D eigenvalue weighted by Gasteiger charge is -2.25. The van der Waals surface area contributed by atoms with Crippen molar-refractivity contribution in [2.24, 2.45) is 0 Å². The van der Waals surface area contributed by atoms with Gasteiger partial charge in [0.25, 0.3) is 11.7 Å². The summed E-state index contributed by atoms with van der Waals surface area (Å²) in [6, 6.07) is 14.7. The minimum absolute atomic E-state index is 0.0487. The van der Waals surface area contributed by atoms with Crippen LogP contribution >= 0.6 is 0 Å². The minimum atomic E-state index is -0.851. The molecular formula is C26H24N2O6. The Hall–Kier alpha value is -4.33. The summed E-state index contributed by atoms with van der Waals surface area (Å²) in [5.41, 5.74) is 1.56. The highest BCUT2D eigenvalue weighted by Gasteiger charge is 2.46. The lowest BCUT2D eigenvalue weighted by molar-refractivity contribution is -0.140. The number of carbonyl (C=O) groups is 2. The first-order valence-electron chi connectivity index (χ1n) is 10.5. The van der Waals surface area contributed by atoms with E-state index in [1.165, 1.54) is 19.1 Å². The van der Waals surface area contributed by atoms with Crippen LogP contribution in [0.5, 0.6) is 17.2 Å². The van der Waals surface area contributed by atoms with Crippen molar-refractivity contribution in [1.82, 2.24) is 9.88 Å². The van der Waals surface area contributed by atoms with Crippen molar-refractivity contribution in [3.63, 3.8) is 0 Å². The van der Waals surface area contributed by atoms with Crippen molar-refractivity contribution >= 4 is 17.4 Å². The van der Waals surface area contributed by atoms with E-state index in [9.17, 15) is 14.7 Å². The van der Waals surface area contributed by atoms with Gasteiger partial charge in [-0.3, -0.25) is 14.6 Å². The molecule has 34 heavy (non-hydrogen) atoms. The second-order valence-corrected chi connectivity index (χ2v) is 7.63. The van der Waals surface area contributed by atoms with E-state index in [-0.39, 0.29) is 23.4 Å². The maximum absolute atomic E-state index is 13.3. The highest BCUT2D eigenvalue weighted by atomic mass is 16.5. The summed E-state index contributed by atoms with van der Waals surface area (Å²) in [6.07, 6.45) is 3.17. The molecule has 4 rings (SSSR count). The SMILES string of the molecule is COc1cccc(CN2C(=O)C(=O)/C(=C(/O)c3cc(OC)ccc3OC)C2c2cccnc2)c1. The summed E-state index contributed by atoms with van der Waals surface area (Å²) in [4.78, 5) is 32.0. The predicted molar refractivity (Wildman–Crippen MR) is 125 cm³/mol. The molecule has 1 unspecified atom stereocenters. The molecule has 3 aromatic rings. The van der Waals surface area contributed by atoms with E-state index < -0.39 is 17.7 Å². The molecule has 1 fully saturated rings. The maximum atomic E-state index is 13.3. The van der Waals surface area contributed by atoms with E-state index in [0.717, 1.165) is 5.56 Å². The second-order valence-electron chi connectivity index (χ2n) is 7.63. The number of ether oxygens (including phenoxy) is 3. The Morgan fingerprint density at radius 3 is 2.41 bits per heavy atom. The molecule has 174 valence electrons. The third-order valence-electron chi connectivity index (χ3n) is 5.69. The molecule has 0 bridgehead atoms. The van der Waals surface area contributed by atoms with Crippen LogP contribution in [0, 0.1) is 0 Å². The van der Waals surface area contributed by atoms with Gasteiger partial charge in [-0.1, -0.05) is 18.2 Å². The summed E-state index contributed by atoms with van der Waals surface area (Å²) in [7, 11) is 4.51. The first-order valence-corrected chi connectivity index (χ1v) is 10.5. The van der Waals surface area contributed by atoms with Gasteiger partial charge < -0.3 is 24.2 Å². The van der Waals surface area contributed by atoms with E-state index >= 15 is 0 Å². The summed E-state index contributed by atoms with van der Waals surface area (Å²) in [5.74, 6) is -0.434. The van der Waals surface area contributed by atoms with Gasteiger partial charge in [0, 0.05) is 18.9 Å². The molecule has 1 amide bonds. The topological polar surface area (TPSA) is 98.2 Å². The molecule has 1 aliphatic heterocycles. The van der Waals surface area contributed by atoms with Gasteiger partial charge >= 0.3 is 0 Å². The monoisotopic (exact) mass is 460 g/mol. The number of ketones is 1. The summed E-state index contributed by atoms with van der Waals surface area (Å²) >= 11 is 0. The van der Waals surface area contributed by atoms with Gasteiger partial charge in [0.2, 0.25) is 0 Å². The highest BCUT2D eigenvalue weighted by molar-refractivity contribution is 6.46. The smallest absolute Gasteiger partial charge is 0.295 e. The largest absolute Gasteiger partial charge is 0.507 e. The molecule has 8 nitrogen and oxygen atoms in total. The van der Waals surface area contributed by atoms with Crippen LogP contribution in [0.1, 0.15) is 22.7 Å². The number of hydrogen-bond acceptors (Lipinski definition) is 7. The summed E-state index contributed by atoms with van der Waals surface area (Å²) < 4.78 is 16.0. The average Bonchev–Trinajstić information content (AvgIpc) is 3.13. The number of pyridine rings is 1. The molecule has 0 aliphatic carbocycles. The Kier molecular flexibility index (Phi) is 6.49. The quantitative estimate of drug-likeness (QED) is 0.326. The number of aliphatic hydroxyl groups excluding tert-OH is 1. The Labute approximate surface area is 197 Å². The van der Waals surface area contributed by atoms with Crippen LogP contribution in [0.2, 0.25) is 0 Å². The standard InChI is InChI=1S/C26H24N2O6/c1-32-18-8-4-6-16(12-18)15-28-23(17-7-5-11-27-14-17)22(25(30)26(28)31)24(29)20-13-19(33-2)9-10-21(20)34-3/h4-14,23,29H,15H2,1-3H3/b24-22+. The molecule has 0 saturated carbocycles. The normalized spacial score (nSPS) is 17.0. The van der Waals surface area contributed by atoms with Crippen LogP contribution in [-0.2, 0) is 16.1 Å². The van der Waals surface area contributed by atoms with E-state index in [1.54, 1.807) is 62.0 Å². The molecule has 1 saturated heterocycles. The number of rotatable bonds is 7. The van der Waals surface area contributed by atoms with Gasteiger partial charge in [0.15, 0.2) is 0 Å². The second kappa shape index (κ2) is 9.66. The fourth-order valence-electron chi connectivity index (χ4n) is 4.04. The highest BCUT2D eigenvalue weighted by Crippen LogP contribution is 2.42. The Morgan fingerprint density at radius 1 is 0.971 bits per heavy atom. The average molecular weight is 460 g/mol. The van der Waals surface area contributed by atoms with E-state index in [1.807, 2.05) is 12.1 Å². The molecule has 0 spiro atoms. The third-order valence-corrected chi connectivity index (χ3v) is 5.69. The van der Waals surface area contributed by atoms with Crippen molar-refractivity contribution in [1.29, 1.82) is 0 Å². The number of amides is 1. The number of likely N-dealkylation sites (tertiary alicyclic amines) is 1. The number of Topliss-reactive ketones (excluding diaryl/α,β-unsaturated/α-hetero) is 1. The summed E-state index contributed by atoms with van der Waals surface area (Å²) in [6.45, 7) is 0.132. The number of nitrogens with zero attached hydrogens (tertiary/aromatic N) is 2. The molecule has 1 atom stereocenters. The van der Waals surface area contributed by atoms with Gasteiger partial charge in [0.05, 0.1) is 38.5 Å². The van der Waals surface area contributed by atoms with Crippen molar-refractivity contribution in [3.05, 3.63) is 89.3 Å². The molecule has 2 aromatic carbocycles. The lowest BCUT2D eigenvalue weighted by atomic mass is 9.95. The lowest BCUT2D eigenvalue weighted by Crippen LogP contribution is -2.29. The van der Waals surface area contributed by atoms with Gasteiger partial charge in [0.1, 0.15) is 23.0 Å². The number of carbonyl (C=O) groups excluding carboxylic acids is 2.